The maximum atomic E-state index is 12.2. The second-order valence-corrected chi connectivity index (χ2v) is 5.32. The minimum absolute atomic E-state index is 0.122. The molecule has 1 aromatic heterocycles. The van der Waals surface area contributed by atoms with Crippen LogP contribution in [0.3, 0.4) is 0 Å². The maximum absolute atomic E-state index is 12.2. The van der Waals surface area contributed by atoms with Gasteiger partial charge in [0.1, 0.15) is 22.9 Å². The van der Waals surface area contributed by atoms with Crippen LogP contribution in [0.5, 0.6) is 17.4 Å². The smallest absolute Gasteiger partial charge is 0.439 e. The summed E-state index contributed by atoms with van der Waals surface area (Å²) in [6.45, 7) is 0. The van der Waals surface area contributed by atoms with Gasteiger partial charge in [0.2, 0.25) is 5.88 Å². The van der Waals surface area contributed by atoms with Crippen molar-refractivity contribution in [3.05, 3.63) is 35.1 Å². The molecule has 4 nitrogen and oxygen atoms in total. The Kier molecular flexibility index (Phi) is 4.94. The van der Waals surface area contributed by atoms with Crippen molar-refractivity contribution in [2.75, 3.05) is 6.26 Å². The summed E-state index contributed by atoms with van der Waals surface area (Å²) in [6.07, 6.45) is -1.55. The third-order valence-electron chi connectivity index (χ3n) is 2.18. The fourth-order valence-electron chi connectivity index (χ4n) is 1.36. The van der Waals surface area contributed by atoms with Crippen molar-refractivity contribution in [3.63, 3.8) is 0 Å². The summed E-state index contributed by atoms with van der Waals surface area (Å²) in [5.74, 6) is 0.273. The van der Waals surface area contributed by atoms with Crippen LogP contribution in [-0.4, -0.2) is 22.6 Å². The average molecular weight is 381 g/mol. The number of halogens is 4. The van der Waals surface area contributed by atoms with Crippen LogP contribution in [0.25, 0.3) is 0 Å². The van der Waals surface area contributed by atoms with Gasteiger partial charge in [0.05, 0.1) is 4.47 Å². The molecule has 0 spiro atoms. The first-order valence-electron chi connectivity index (χ1n) is 5.46. The molecule has 0 saturated heterocycles. The van der Waals surface area contributed by atoms with Gasteiger partial charge in [0.15, 0.2) is 0 Å². The van der Waals surface area contributed by atoms with Gasteiger partial charge in [-0.3, -0.25) is 0 Å². The Morgan fingerprint density at radius 1 is 1.19 bits per heavy atom. The van der Waals surface area contributed by atoms with Gasteiger partial charge >= 0.3 is 6.36 Å². The predicted octanol–water partition coefficient (Wildman–Crippen LogP) is 4.65. The Morgan fingerprint density at radius 2 is 1.95 bits per heavy atom. The molecular weight excluding hydrogens is 373 g/mol. The fraction of sp³-hybridized carbons (Fsp3) is 0.167. The molecule has 112 valence electrons. The van der Waals surface area contributed by atoms with Crippen LogP contribution in [0.4, 0.5) is 13.2 Å². The molecule has 0 aliphatic carbocycles. The van der Waals surface area contributed by atoms with Crippen molar-refractivity contribution >= 4 is 27.7 Å². The molecule has 1 aromatic carbocycles. The van der Waals surface area contributed by atoms with E-state index in [4.69, 9.17) is 4.74 Å². The van der Waals surface area contributed by atoms with E-state index in [-0.39, 0.29) is 10.2 Å². The average Bonchev–Trinajstić information content (AvgIpc) is 2.41. The Bertz CT molecular complexity index is 640. The topological polar surface area (TPSA) is 44.2 Å². The van der Waals surface area contributed by atoms with Crippen LogP contribution < -0.4 is 9.47 Å². The van der Waals surface area contributed by atoms with Crippen molar-refractivity contribution < 1.29 is 22.6 Å². The predicted molar refractivity (Wildman–Crippen MR) is 74.7 cm³/mol. The molecule has 0 amide bonds. The molecule has 0 radical (unpaired) electrons. The third kappa shape index (κ3) is 4.78. The second kappa shape index (κ2) is 6.52. The highest BCUT2D eigenvalue weighted by molar-refractivity contribution is 9.10. The van der Waals surface area contributed by atoms with E-state index in [1.54, 1.807) is 6.07 Å². The number of rotatable bonds is 4. The van der Waals surface area contributed by atoms with E-state index in [9.17, 15) is 13.2 Å². The van der Waals surface area contributed by atoms with Crippen molar-refractivity contribution in [3.8, 4) is 17.4 Å². The van der Waals surface area contributed by atoms with Crippen LogP contribution in [0.1, 0.15) is 0 Å². The molecule has 2 aromatic rings. The molecule has 9 heteroatoms. The summed E-state index contributed by atoms with van der Waals surface area (Å²) in [5, 5.41) is 0.719. The lowest BCUT2D eigenvalue weighted by Crippen LogP contribution is -2.17. The quantitative estimate of drug-likeness (QED) is 0.570. The second-order valence-electron chi connectivity index (χ2n) is 3.64. The van der Waals surface area contributed by atoms with Gasteiger partial charge < -0.3 is 9.47 Å². The van der Waals surface area contributed by atoms with Gasteiger partial charge in [-0.05, 0) is 40.4 Å². The molecule has 1 heterocycles. The molecule has 0 N–H and O–H groups in total. The van der Waals surface area contributed by atoms with Gasteiger partial charge in [-0.25, -0.2) is 9.97 Å². The van der Waals surface area contributed by atoms with Crippen molar-refractivity contribution in [1.82, 2.24) is 9.97 Å². The van der Waals surface area contributed by atoms with Gasteiger partial charge in [0, 0.05) is 6.07 Å². The molecule has 0 atom stereocenters. The van der Waals surface area contributed by atoms with Gasteiger partial charge in [-0.2, -0.15) is 0 Å². The number of alkyl halides is 3. The summed E-state index contributed by atoms with van der Waals surface area (Å²) in [4.78, 5) is 7.91. The number of thioether (sulfide) groups is 1. The summed E-state index contributed by atoms with van der Waals surface area (Å²) in [7, 11) is 0. The van der Waals surface area contributed by atoms with E-state index in [1.807, 2.05) is 6.26 Å². The summed E-state index contributed by atoms with van der Waals surface area (Å²) in [6, 6.07) is 5.50. The van der Waals surface area contributed by atoms with E-state index in [2.05, 4.69) is 30.6 Å². The number of nitrogens with zero attached hydrogens (tertiary/aromatic N) is 2. The van der Waals surface area contributed by atoms with E-state index in [1.165, 1.54) is 30.2 Å². The molecule has 0 fully saturated rings. The number of hydrogen-bond donors (Lipinski definition) is 0. The zero-order valence-electron chi connectivity index (χ0n) is 10.5. The Balaban J connectivity index is 2.16. The Hall–Kier alpha value is -1.48. The first-order chi connectivity index (χ1) is 9.87. The number of benzene rings is 1. The molecule has 21 heavy (non-hydrogen) atoms. The monoisotopic (exact) mass is 380 g/mol. The maximum Gasteiger partial charge on any atom is 0.573 e. The first kappa shape index (κ1) is 15.9. The highest BCUT2D eigenvalue weighted by atomic mass is 79.9. The molecule has 0 unspecified atom stereocenters. The largest absolute Gasteiger partial charge is 0.573 e. The number of hydrogen-bond acceptors (Lipinski definition) is 5. The normalized spacial score (nSPS) is 11.3. The van der Waals surface area contributed by atoms with E-state index in [0.29, 0.717) is 11.6 Å². The fourth-order valence-corrected chi connectivity index (χ4v) is 2.17. The number of ether oxygens (including phenoxy) is 2. The minimum atomic E-state index is -4.75. The van der Waals surface area contributed by atoms with Crippen LogP contribution in [0, 0.1) is 0 Å². The lowest BCUT2D eigenvalue weighted by molar-refractivity contribution is -0.274. The highest BCUT2D eigenvalue weighted by Crippen LogP contribution is 2.34. The first-order valence-corrected chi connectivity index (χ1v) is 7.48. The Morgan fingerprint density at radius 3 is 2.57 bits per heavy atom. The van der Waals surface area contributed by atoms with Crippen molar-refractivity contribution in [2.24, 2.45) is 0 Å². The summed E-state index contributed by atoms with van der Waals surface area (Å²) < 4.78 is 45.9. The van der Waals surface area contributed by atoms with E-state index < -0.39 is 6.36 Å². The van der Waals surface area contributed by atoms with Gasteiger partial charge in [0.25, 0.3) is 0 Å². The lowest BCUT2D eigenvalue weighted by atomic mass is 10.3. The van der Waals surface area contributed by atoms with E-state index in [0.717, 1.165) is 11.1 Å². The molecule has 2 rings (SSSR count). The highest BCUT2D eigenvalue weighted by Gasteiger charge is 2.32. The summed E-state index contributed by atoms with van der Waals surface area (Å²) >= 11 is 4.42. The summed E-state index contributed by atoms with van der Waals surface area (Å²) in [5.41, 5.74) is 0. The SMILES string of the molecule is CSc1cc(Oc2ccc(OC(F)(F)F)c(Br)c2)ncn1. The zero-order chi connectivity index (χ0) is 15.5. The third-order valence-corrected chi connectivity index (χ3v) is 3.44. The van der Waals surface area contributed by atoms with Crippen molar-refractivity contribution in [2.45, 2.75) is 11.4 Å². The Labute approximate surface area is 130 Å². The molecule has 0 bridgehead atoms. The molecule has 0 aliphatic heterocycles. The van der Waals surface area contributed by atoms with Crippen LogP contribution in [-0.2, 0) is 0 Å². The zero-order valence-corrected chi connectivity index (χ0v) is 12.9. The van der Waals surface area contributed by atoms with E-state index >= 15 is 0 Å². The molecule has 0 aliphatic rings. The van der Waals surface area contributed by atoms with Crippen LogP contribution >= 0.6 is 27.7 Å². The minimum Gasteiger partial charge on any atom is -0.439 e. The van der Waals surface area contributed by atoms with Crippen LogP contribution in [0.2, 0.25) is 0 Å². The number of aromatic nitrogens is 2. The standard InChI is InChI=1S/C12H8BrF3N2O2S/c1-21-11-5-10(17-6-18-11)19-7-2-3-9(8(13)4-7)20-12(14,15)16/h2-6H,1H3. The molecule has 0 saturated carbocycles. The van der Waals surface area contributed by atoms with Gasteiger partial charge in [-0.15, -0.1) is 24.9 Å². The lowest BCUT2D eigenvalue weighted by Gasteiger charge is -2.11. The van der Waals surface area contributed by atoms with Crippen molar-refractivity contribution in [1.29, 1.82) is 0 Å². The van der Waals surface area contributed by atoms with Crippen LogP contribution in [0.15, 0.2) is 40.1 Å². The molecular formula is C12H8BrF3N2O2S. The van der Waals surface area contributed by atoms with Gasteiger partial charge in [-0.1, -0.05) is 0 Å².